The number of carbonyl (C=O) groups excluding carboxylic acids is 2. The molecule has 0 aromatic carbocycles. The summed E-state index contributed by atoms with van der Waals surface area (Å²) in [6.07, 6.45) is 10.7. The lowest BCUT2D eigenvalue weighted by atomic mass is 9.99. The summed E-state index contributed by atoms with van der Waals surface area (Å²) in [5.41, 5.74) is 0. The molecule has 0 bridgehead atoms. The monoisotopic (exact) mass is 328 g/mol. The van der Waals surface area contributed by atoms with Gasteiger partial charge in [-0.1, -0.05) is 59.3 Å². The largest absolute Gasteiger partial charge is 0.466 e. The highest BCUT2D eigenvalue weighted by molar-refractivity contribution is 5.69. The van der Waals surface area contributed by atoms with Gasteiger partial charge in [0.25, 0.3) is 0 Å². The summed E-state index contributed by atoms with van der Waals surface area (Å²) in [7, 11) is 0. The van der Waals surface area contributed by atoms with E-state index in [-0.39, 0.29) is 11.9 Å². The molecule has 0 N–H and O–H groups in total. The van der Waals surface area contributed by atoms with Crippen LogP contribution in [0.3, 0.4) is 0 Å². The SMILES string of the molecule is CCCOC(=O)CCCCCCCCC(C)CC(=O)OCCC. The second-order valence-corrected chi connectivity index (χ2v) is 6.41. The van der Waals surface area contributed by atoms with Crippen molar-refractivity contribution in [2.24, 2.45) is 5.92 Å². The van der Waals surface area contributed by atoms with E-state index in [0.29, 0.717) is 32.0 Å². The summed E-state index contributed by atoms with van der Waals surface area (Å²) in [6, 6.07) is 0. The van der Waals surface area contributed by atoms with Crippen LogP contribution in [-0.2, 0) is 19.1 Å². The first-order valence-corrected chi connectivity index (χ1v) is 9.41. The Morgan fingerprint density at radius 1 is 0.783 bits per heavy atom. The molecule has 0 aliphatic heterocycles. The van der Waals surface area contributed by atoms with Gasteiger partial charge in [-0.25, -0.2) is 0 Å². The molecule has 0 aromatic rings. The predicted molar refractivity (Wildman–Crippen MR) is 93.2 cm³/mol. The zero-order valence-electron chi connectivity index (χ0n) is 15.4. The molecule has 0 saturated heterocycles. The van der Waals surface area contributed by atoms with Crippen molar-refractivity contribution in [1.29, 1.82) is 0 Å². The molecule has 0 spiro atoms. The quantitative estimate of drug-likeness (QED) is 0.312. The Morgan fingerprint density at radius 3 is 1.91 bits per heavy atom. The lowest BCUT2D eigenvalue weighted by molar-refractivity contribution is -0.145. The van der Waals surface area contributed by atoms with E-state index >= 15 is 0 Å². The van der Waals surface area contributed by atoms with Crippen molar-refractivity contribution in [1.82, 2.24) is 0 Å². The number of ether oxygens (including phenoxy) is 2. The number of esters is 2. The minimum absolute atomic E-state index is 0.0596. The number of unbranched alkanes of at least 4 members (excludes halogenated alkanes) is 5. The highest BCUT2D eigenvalue weighted by atomic mass is 16.5. The van der Waals surface area contributed by atoms with E-state index in [9.17, 15) is 9.59 Å². The molecule has 0 heterocycles. The molecule has 4 heteroatoms. The van der Waals surface area contributed by atoms with Gasteiger partial charge in [0, 0.05) is 12.8 Å². The van der Waals surface area contributed by atoms with Gasteiger partial charge in [0.05, 0.1) is 13.2 Å². The average molecular weight is 328 g/mol. The van der Waals surface area contributed by atoms with Crippen molar-refractivity contribution in [2.45, 2.75) is 91.4 Å². The molecular weight excluding hydrogens is 292 g/mol. The first-order valence-electron chi connectivity index (χ1n) is 9.41. The van der Waals surface area contributed by atoms with E-state index in [1.165, 1.54) is 25.7 Å². The van der Waals surface area contributed by atoms with Crippen molar-refractivity contribution in [3.63, 3.8) is 0 Å². The molecule has 0 amide bonds. The second-order valence-electron chi connectivity index (χ2n) is 6.41. The zero-order chi connectivity index (χ0) is 17.3. The number of rotatable bonds is 15. The third-order valence-electron chi connectivity index (χ3n) is 3.78. The Balaban J connectivity index is 3.35. The maximum Gasteiger partial charge on any atom is 0.306 e. The van der Waals surface area contributed by atoms with E-state index in [1.807, 2.05) is 13.8 Å². The topological polar surface area (TPSA) is 52.6 Å². The van der Waals surface area contributed by atoms with Gasteiger partial charge in [-0.3, -0.25) is 9.59 Å². The van der Waals surface area contributed by atoms with Crippen LogP contribution < -0.4 is 0 Å². The van der Waals surface area contributed by atoms with Gasteiger partial charge in [0.2, 0.25) is 0 Å². The summed E-state index contributed by atoms with van der Waals surface area (Å²) in [5, 5.41) is 0. The van der Waals surface area contributed by atoms with Crippen molar-refractivity contribution in [3.05, 3.63) is 0 Å². The van der Waals surface area contributed by atoms with Gasteiger partial charge in [0.1, 0.15) is 0 Å². The minimum Gasteiger partial charge on any atom is -0.466 e. The Hall–Kier alpha value is -1.06. The Kier molecular flexibility index (Phi) is 15.1. The predicted octanol–water partition coefficient (Wildman–Crippen LogP) is 5.04. The maximum absolute atomic E-state index is 11.5. The standard InChI is InChI=1S/C19H36O4/c1-4-14-22-18(20)13-11-9-7-6-8-10-12-17(3)16-19(21)23-15-5-2/h17H,4-16H2,1-3H3. The van der Waals surface area contributed by atoms with Crippen LogP contribution in [0.15, 0.2) is 0 Å². The van der Waals surface area contributed by atoms with Crippen LogP contribution in [-0.4, -0.2) is 25.2 Å². The molecule has 0 saturated carbocycles. The third-order valence-corrected chi connectivity index (χ3v) is 3.78. The van der Waals surface area contributed by atoms with Gasteiger partial charge in [0.15, 0.2) is 0 Å². The van der Waals surface area contributed by atoms with E-state index < -0.39 is 0 Å². The van der Waals surface area contributed by atoms with Crippen molar-refractivity contribution in [2.75, 3.05) is 13.2 Å². The van der Waals surface area contributed by atoms with Crippen molar-refractivity contribution in [3.8, 4) is 0 Å². The fourth-order valence-electron chi connectivity index (χ4n) is 2.42. The number of carbonyl (C=O) groups is 2. The lowest BCUT2D eigenvalue weighted by Gasteiger charge is -2.10. The highest BCUT2D eigenvalue weighted by Crippen LogP contribution is 2.15. The Bertz CT molecular complexity index is 302. The van der Waals surface area contributed by atoms with Gasteiger partial charge < -0.3 is 9.47 Å². The maximum atomic E-state index is 11.5. The number of hydrogen-bond donors (Lipinski definition) is 0. The van der Waals surface area contributed by atoms with Crippen molar-refractivity contribution < 1.29 is 19.1 Å². The van der Waals surface area contributed by atoms with Gasteiger partial charge >= 0.3 is 11.9 Å². The Morgan fingerprint density at radius 2 is 1.30 bits per heavy atom. The van der Waals surface area contributed by atoms with Gasteiger partial charge in [-0.05, 0) is 25.2 Å². The molecule has 1 atom stereocenters. The molecule has 0 fully saturated rings. The zero-order valence-corrected chi connectivity index (χ0v) is 15.4. The normalized spacial score (nSPS) is 12.0. The van der Waals surface area contributed by atoms with Crippen LogP contribution in [0.5, 0.6) is 0 Å². The molecule has 0 aliphatic carbocycles. The molecule has 4 nitrogen and oxygen atoms in total. The minimum atomic E-state index is -0.0608. The second kappa shape index (κ2) is 15.8. The summed E-state index contributed by atoms with van der Waals surface area (Å²) in [6.45, 7) is 7.21. The summed E-state index contributed by atoms with van der Waals surface area (Å²) >= 11 is 0. The molecule has 136 valence electrons. The molecule has 0 radical (unpaired) electrons. The average Bonchev–Trinajstić information content (AvgIpc) is 2.53. The van der Waals surface area contributed by atoms with Crippen molar-refractivity contribution >= 4 is 11.9 Å². The van der Waals surface area contributed by atoms with E-state index in [2.05, 4.69) is 6.92 Å². The fraction of sp³-hybridized carbons (Fsp3) is 0.895. The molecule has 1 unspecified atom stereocenters. The molecular formula is C19H36O4. The first kappa shape index (κ1) is 21.9. The van der Waals surface area contributed by atoms with Crippen LogP contribution in [0, 0.1) is 5.92 Å². The smallest absolute Gasteiger partial charge is 0.306 e. The van der Waals surface area contributed by atoms with Crippen LogP contribution in [0.25, 0.3) is 0 Å². The summed E-state index contributed by atoms with van der Waals surface area (Å²) in [5.74, 6) is 0.289. The van der Waals surface area contributed by atoms with E-state index in [1.54, 1.807) is 0 Å². The van der Waals surface area contributed by atoms with Gasteiger partial charge in [-0.2, -0.15) is 0 Å². The van der Waals surface area contributed by atoms with Gasteiger partial charge in [-0.15, -0.1) is 0 Å². The van der Waals surface area contributed by atoms with Crippen LogP contribution in [0.4, 0.5) is 0 Å². The summed E-state index contributed by atoms with van der Waals surface area (Å²) < 4.78 is 10.1. The molecule has 0 rings (SSSR count). The highest BCUT2D eigenvalue weighted by Gasteiger charge is 2.09. The third kappa shape index (κ3) is 15.6. The molecule has 0 aromatic heterocycles. The van der Waals surface area contributed by atoms with Crippen LogP contribution in [0.2, 0.25) is 0 Å². The summed E-state index contributed by atoms with van der Waals surface area (Å²) in [4.78, 5) is 22.8. The van der Waals surface area contributed by atoms with Crippen LogP contribution in [0.1, 0.15) is 91.4 Å². The molecule has 23 heavy (non-hydrogen) atoms. The lowest BCUT2D eigenvalue weighted by Crippen LogP contribution is -2.10. The van der Waals surface area contributed by atoms with E-state index in [4.69, 9.17) is 9.47 Å². The van der Waals surface area contributed by atoms with E-state index in [0.717, 1.165) is 32.1 Å². The first-order chi connectivity index (χ1) is 11.1. The van der Waals surface area contributed by atoms with Crippen LogP contribution >= 0.6 is 0 Å². The molecule has 0 aliphatic rings. The number of hydrogen-bond acceptors (Lipinski definition) is 4. The fourth-order valence-corrected chi connectivity index (χ4v) is 2.42. The Labute approximate surface area is 142 Å².